The highest BCUT2D eigenvalue weighted by atomic mass is 19.4. The highest BCUT2D eigenvalue weighted by Crippen LogP contribution is 2.28. The van der Waals surface area contributed by atoms with Gasteiger partial charge in [0.25, 0.3) is 5.56 Å². The normalized spacial score (nSPS) is 11.6. The summed E-state index contributed by atoms with van der Waals surface area (Å²) in [6.45, 7) is 0.236. The lowest BCUT2D eigenvalue weighted by atomic mass is 10.2. The fraction of sp³-hybridized carbons (Fsp3) is 0.154. The molecule has 10 heteroatoms. The highest BCUT2D eigenvalue weighted by Gasteiger charge is 2.38. The summed E-state index contributed by atoms with van der Waals surface area (Å²) in [6, 6.07) is 2.56. The number of nitrogens with zero attached hydrogens (tertiary/aromatic N) is 5. The van der Waals surface area contributed by atoms with Crippen LogP contribution in [0.4, 0.5) is 13.2 Å². The molecular weight excluding hydrogens is 315 g/mol. The number of hydrogen-bond donors (Lipinski definition) is 0. The van der Waals surface area contributed by atoms with Crippen molar-refractivity contribution in [3.63, 3.8) is 0 Å². The van der Waals surface area contributed by atoms with Gasteiger partial charge in [-0.25, -0.2) is 9.97 Å². The standard InChI is InChI=1S/C13H8F3N5O2/c14-13(15,16)12-19-11(20-23-12)9-1-2-21(10(22)3-9)6-8-4-17-7-18-5-8/h1-5,7H,6H2. The molecule has 3 heterocycles. The summed E-state index contributed by atoms with van der Waals surface area (Å²) in [6.07, 6.45) is 1.18. The van der Waals surface area contributed by atoms with Gasteiger partial charge in [-0.3, -0.25) is 4.79 Å². The maximum Gasteiger partial charge on any atom is 0.471 e. The molecule has 23 heavy (non-hydrogen) atoms. The van der Waals surface area contributed by atoms with Gasteiger partial charge in [-0.15, -0.1) is 0 Å². The van der Waals surface area contributed by atoms with Crippen LogP contribution in [0.5, 0.6) is 0 Å². The first-order valence-electron chi connectivity index (χ1n) is 6.29. The molecule has 118 valence electrons. The lowest BCUT2D eigenvalue weighted by Crippen LogP contribution is -2.19. The Hall–Kier alpha value is -3.04. The quantitative estimate of drug-likeness (QED) is 0.730. The van der Waals surface area contributed by atoms with Gasteiger partial charge in [0.15, 0.2) is 0 Å². The third kappa shape index (κ3) is 3.25. The van der Waals surface area contributed by atoms with Gasteiger partial charge in [-0.05, 0) is 6.07 Å². The molecule has 0 fully saturated rings. The van der Waals surface area contributed by atoms with Crippen molar-refractivity contribution in [2.24, 2.45) is 0 Å². The zero-order valence-corrected chi connectivity index (χ0v) is 11.4. The molecule has 3 rings (SSSR count). The summed E-state index contributed by atoms with van der Waals surface area (Å²) in [4.78, 5) is 22.9. The van der Waals surface area contributed by atoms with Gasteiger partial charge in [-0.2, -0.15) is 18.2 Å². The van der Waals surface area contributed by atoms with Gasteiger partial charge >= 0.3 is 12.1 Å². The van der Waals surface area contributed by atoms with Crippen LogP contribution in [0.1, 0.15) is 11.5 Å². The van der Waals surface area contributed by atoms with Crippen LogP contribution in [0, 0.1) is 0 Å². The van der Waals surface area contributed by atoms with Crippen molar-refractivity contribution in [2.45, 2.75) is 12.7 Å². The molecule has 0 atom stereocenters. The van der Waals surface area contributed by atoms with Crippen molar-refractivity contribution in [1.29, 1.82) is 0 Å². The van der Waals surface area contributed by atoms with E-state index in [1.807, 2.05) is 0 Å². The Morgan fingerprint density at radius 3 is 2.57 bits per heavy atom. The number of alkyl halides is 3. The Morgan fingerprint density at radius 2 is 1.96 bits per heavy atom. The fourth-order valence-electron chi connectivity index (χ4n) is 1.84. The zero-order valence-electron chi connectivity index (χ0n) is 11.4. The lowest BCUT2D eigenvalue weighted by Gasteiger charge is -2.05. The van der Waals surface area contributed by atoms with E-state index in [-0.39, 0.29) is 17.9 Å². The second kappa shape index (κ2) is 5.63. The second-order valence-corrected chi connectivity index (χ2v) is 4.55. The van der Waals surface area contributed by atoms with Crippen LogP contribution in [0.2, 0.25) is 0 Å². The largest absolute Gasteiger partial charge is 0.471 e. The van der Waals surface area contributed by atoms with Gasteiger partial charge < -0.3 is 9.09 Å². The summed E-state index contributed by atoms with van der Waals surface area (Å²) >= 11 is 0. The monoisotopic (exact) mass is 323 g/mol. The SMILES string of the molecule is O=c1cc(-c2noc(C(F)(F)F)n2)ccn1Cc1cncnc1. The molecule has 0 amide bonds. The number of aromatic nitrogens is 5. The van der Waals surface area contributed by atoms with E-state index in [4.69, 9.17) is 0 Å². The lowest BCUT2D eigenvalue weighted by molar-refractivity contribution is -0.159. The first kappa shape index (κ1) is 14.9. The molecular formula is C13H8F3N5O2. The van der Waals surface area contributed by atoms with E-state index >= 15 is 0 Å². The van der Waals surface area contributed by atoms with Gasteiger partial charge in [-0.1, -0.05) is 5.16 Å². The molecule has 0 radical (unpaired) electrons. The van der Waals surface area contributed by atoms with Crippen LogP contribution in [0.3, 0.4) is 0 Å². The molecule has 0 aliphatic carbocycles. The van der Waals surface area contributed by atoms with E-state index < -0.39 is 17.6 Å². The first-order valence-corrected chi connectivity index (χ1v) is 6.29. The Bertz CT molecular complexity index is 873. The average molecular weight is 323 g/mol. The molecule has 0 unspecified atom stereocenters. The van der Waals surface area contributed by atoms with Crippen LogP contribution < -0.4 is 5.56 Å². The zero-order chi connectivity index (χ0) is 16.4. The fourth-order valence-corrected chi connectivity index (χ4v) is 1.84. The first-order chi connectivity index (χ1) is 10.9. The third-order valence-electron chi connectivity index (χ3n) is 2.89. The molecule has 0 aliphatic heterocycles. The molecule has 0 N–H and O–H groups in total. The topological polar surface area (TPSA) is 86.7 Å². The van der Waals surface area contributed by atoms with Crippen molar-refractivity contribution >= 4 is 0 Å². The number of hydrogen-bond acceptors (Lipinski definition) is 6. The summed E-state index contributed by atoms with van der Waals surface area (Å²) in [7, 11) is 0. The van der Waals surface area contributed by atoms with Gasteiger partial charge in [0.1, 0.15) is 6.33 Å². The van der Waals surface area contributed by atoms with Gasteiger partial charge in [0.2, 0.25) is 5.82 Å². The Labute approximate surface area is 126 Å². The van der Waals surface area contributed by atoms with Crippen LogP contribution in [0.15, 0.2) is 46.4 Å². The Kier molecular flexibility index (Phi) is 3.64. The van der Waals surface area contributed by atoms with Crippen molar-refractivity contribution in [2.75, 3.05) is 0 Å². The van der Waals surface area contributed by atoms with Crippen LogP contribution in [-0.4, -0.2) is 24.7 Å². The minimum Gasteiger partial charge on any atom is -0.329 e. The molecule has 3 aromatic rings. The van der Waals surface area contributed by atoms with E-state index in [1.54, 1.807) is 12.4 Å². The molecule has 0 spiro atoms. The minimum absolute atomic E-state index is 0.134. The number of halogens is 3. The molecule has 7 nitrogen and oxygen atoms in total. The van der Waals surface area contributed by atoms with Crippen molar-refractivity contribution in [3.05, 3.63) is 58.9 Å². The smallest absolute Gasteiger partial charge is 0.329 e. The van der Waals surface area contributed by atoms with E-state index in [9.17, 15) is 18.0 Å². The van der Waals surface area contributed by atoms with Gasteiger partial charge in [0.05, 0.1) is 6.54 Å². The number of rotatable bonds is 3. The van der Waals surface area contributed by atoms with Crippen LogP contribution >= 0.6 is 0 Å². The van der Waals surface area contributed by atoms with E-state index in [0.29, 0.717) is 5.56 Å². The predicted molar refractivity (Wildman–Crippen MR) is 70.1 cm³/mol. The number of pyridine rings is 1. The maximum absolute atomic E-state index is 12.4. The average Bonchev–Trinajstić information content (AvgIpc) is 3.00. The predicted octanol–water partition coefficient (Wildman–Crippen LogP) is 1.76. The molecule has 0 bridgehead atoms. The molecule has 0 aliphatic rings. The van der Waals surface area contributed by atoms with Crippen LogP contribution in [0.25, 0.3) is 11.4 Å². The maximum atomic E-state index is 12.4. The summed E-state index contributed by atoms with van der Waals surface area (Å²) in [5, 5.41) is 3.23. The summed E-state index contributed by atoms with van der Waals surface area (Å²) in [5.41, 5.74) is 0.417. The van der Waals surface area contributed by atoms with E-state index in [0.717, 1.165) is 6.07 Å². The minimum atomic E-state index is -4.73. The van der Waals surface area contributed by atoms with Crippen molar-refractivity contribution < 1.29 is 17.7 Å². The Morgan fingerprint density at radius 1 is 1.22 bits per heavy atom. The molecule has 0 saturated carbocycles. The molecule has 0 saturated heterocycles. The second-order valence-electron chi connectivity index (χ2n) is 4.55. The van der Waals surface area contributed by atoms with Crippen LogP contribution in [-0.2, 0) is 12.7 Å². The summed E-state index contributed by atoms with van der Waals surface area (Å²) < 4.78 is 42.8. The Balaban J connectivity index is 1.88. The van der Waals surface area contributed by atoms with E-state index in [1.165, 1.54) is 23.2 Å². The molecule has 0 aromatic carbocycles. The van der Waals surface area contributed by atoms with Crippen molar-refractivity contribution in [3.8, 4) is 11.4 Å². The van der Waals surface area contributed by atoms with Gasteiger partial charge in [0, 0.05) is 35.8 Å². The van der Waals surface area contributed by atoms with Crippen molar-refractivity contribution in [1.82, 2.24) is 24.7 Å². The molecule has 3 aromatic heterocycles. The third-order valence-corrected chi connectivity index (χ3v) is 2.89. The summed E-state index contributed by atoms with van der Waals surface area (Å²) in [5.74, 6) is -1.76. The van der Waals surface area contributed by atoms with E-state index in [2.05, 4.69) is 24.6 Å². The highest BCUT2D eigenvalue weighted by molar-refractivity contribution is 5.52.